The van der Waals surface area contributed by atoms with Crippen molar-refractivity contribution in [3.8, 4) is 0 Å². The highest BCUT2D eigenvalue weighted by atomic mass is 16.4. The summed E-state index contributed by atoms with van der Waals surface area (Å²) in [6, 6.07) is 0. The van der Waals surface area contributed by atoms with Crippen LogP contribution in [-0.4, -0.2) is 33.9 Å². The summed E-state index contributed by atoms with van der Waals surface area (Å²) in [5, 5.41) is 20.9. The van der Waals surface area contributed by atoms with Crippen LogP contribution in [0, 0.1) is 34.0 Å². The number of fused-ring (bicyclic) bond motifs is 3. The molecule has 4 saturated carbocycles. The molecule has 4 aliphatic rings. The Bertz CT molecular complexity index is 711. The van der Waals surface area contributed by atoms with Crippen molar-refractivity contribution in [1.82, 2.24) is 0 Å². The SMILES string of the molecule is C=C1C(=O)[C@]23C[C@H]1CC[C@H]2[C@]1(C)C(=O)CC[C@@](C)(C(=O)O)[C@H]1C[C@@H]3O. The summed E-state index contributed by atoms with van der Waals surface area (Å²) < 4.78 is 0. The van der Waals surface area contributed by atoms with Crippen molar-refractivity contribution < 1.29 is 24.6 Å². The zero-order valence-corrected chi connectivity index (χ0v) is 14.9. The van der Waals surface area contributed by atoms with Crippen LogP contribution in [0.25, 0.3) is 0 Å². The molecule has 0 aromatic heterocycles. The molecule has 5 nitrogen and oxygen atoms in total. The van der Waals surface area contributed by atoms with Crippen LogP contribution in [0.2, 0.25) is 0 Å². The molecule has 4 rings (SSSR count). The largest absolute Gasteiger partial charge is 0.481 e. The topological polar surface area (TPSA) is 91.7 Å². The maximum absolute atomic E-state index is 13.1. The van der Waals surface area contributed by atoms with Crippen LogP contribution >= 0.6 is 0 Å². The lowest BCUT2D eigenvalue weighted by atomic mass is 9.39. The summed E-state index contributed by atoms with van der Waals surface area (Å²) in [6.07, 6.45) is 1.89. The van der Waals surface area contributed by atoms with Gasteiger partial charge in [-0.1, -0.05) is 13.5 Å². The summed E-state index contributed by atoms with van der Waals surface area (Å²) in [5.74, 6) is -1.55. The van der Waals surface area contributed by atoms with Crippen LogP contribution in [0.3, 0.4) is 0 Å². The fourth-order valence-corrected chi connectivity index (χ4v) is 6.97. The number of carboxylic acids is 1. The van der Waals surface area contributed by atoms with E-state index >= 15 is 0 Å². The molecule has 5 heteroatoms. The van der Waals surface area contributed by atoms with E-state index in [1.165, 1.54) is 0 Å². The second-order valence-electron chi connectivity index (χ2n) is 9.16. The molecule has 0 aromatic rings. The van der Waals surface area contributed by atoms with Gasteiger partial charge in [0.15, 0.2) is 5.78 Å². The second kappa shape index (κ2) is 4.81. The minimum absolute atomic E-state index is 0.0660. The van der Waals surface area contributed by atoms with E-state index in [2.05, 4.69) is 6.58 Å². The lowest BCUT2D eigenvalue weighted by molar-refractivity contribution is -0.204. The average molecular weight is 346 g/mol. The summed E-state index contributed by atoms with van der Waals surface area (Å²) in [5.41, 5.74) is -2.25. The third-order valence-electron chi connectivity index (χ3n) is 8.45. The zero-order chi connectivity index (χ0) is 18.4. The summed E-state index contributed by atoms with van der Waals surface area (Å²) >= 11 is 0. The van der Waals surface area contributed by atoms with E-state index in [-0.39, 0.29) is 36.2 Å². The summed E-state index contributed by atoms with van der Waals surface area (Å²) in [4.78, 5) is 38.2. The highest BCUT2D eigenvalue weighted by molar-refractivity contribution is 6.04. The van der Waals surface area contributed by atoms with E-state index in [4.69, 9.17) is 0 Å². The Balaban J connectivity index is 1.89. The highest BCUT2D eigenvalue weighted by Crippen LogP contribution is 2.70. The van der Waals surface area contributed by atoms with Gasteiger partial charge >= 0.3 is 5.97 Å². The van der Waals surface area contributed by atoms with Crippen LogP contribution < -0.4 is 0 Å². The normalized spacial score (nSPS) is 51.9. The van der Waals surface area contributed by atoms with Gasteiger partial charge in [0.05, 0.1) is 16.9 Å². The number of aliphatic hydroxyl groups excluding tert-OH is 1. The molecule has 4 aliphatic carbocycles. The van der Waals surface area contributed by atoms with Crippen LogP contribution in [-0.2, 0) is 14.4 Å². The van der Waals surface area contributed by atoms with Crippen LogP contribution in [0.5, 0.6) is 0 Å². The first-order valence-electron chi connectivity index (χ1n) is 9.28. The maximum atomic E-state index is 13.1. The molecule has 0 aliphatic heterocycles. The molecular weight excluding hydrogens is 320 g/mol. The van der Waals surface area contributed by atoms with Gasteiger partial charge in [0.1, 0.15) is 5.78 Å². The van der Waals surface area contributed by atoms with E-state index < -0.39 is 34.2 Å². The third kappa shape index (κ3) is 1.71. The van der Waals surface area contributed by atoms with Gasteiger partial charge in [0.2, 0.25) is 0 Å². The first kappa shape index (κ1) is 17.0. The lowest BCUT2D eigenvalue weighted by Crippen LogP contribution is -2.67. The Morgan fingerprint density at radius 2 is 1.88 bits per heavy atom. The molecule has 7 atom stereocenters. The number of Topliss-reactive ketones (excluding diaryl/α,β-unsaturated/α-hetero) is 2. The number of hydrogen-bond donors (Lipinski definition) is 2. The first-order valence-corrected chi connectivity index (χ1v) is 9.28. The van der Waals surface area contributed by atoms with Crippen molar-refractivity contribution in [3.63, 3.8) is 0 Å². The Labute approximate surface area is 147 Å². The smallest absolute Gasteiger partial charge is 0.309 e. The van der Waals surface area contributed by atoms with Crippen molar-refractivity contribution in [3.05, 3.63) is 12.2 Å². The number of allylic oxidation sites excluding steroid dienone is 1. The van der Waals surface area contributed by atoms with Gasteiger partial charge in [0.25, 0.3) is 0 Å². The van der Waals surface area contributed by atoms with Gasteiger partial charge in [0, 0.05) is 11.8 Å². The Morgan fingerprint density at radius 1 is 1.20 bits per heavy atom. The number of ketones is 2. The quantitative estimate of drug-likeness (QED) is 0.711. The van der Waals surface area contributed by atoms with Crippen molar-refractivity contribution in [1.29, 1.82) is 0 Å². The number of aliphatic carboxylic acids is 1. The van der Waals surface area contributed by atoms with Gasteiger partial charge < -0.3 is 10.2 Å². The predicted molar refractivity (Wildman–Crippen MR) is 89.6 cm³/mol. The van der Waals surface area contributed by atoms with Gasteiger partial charge in [-0.05, 0) is 62.4 Å². The molecule has 1 spiro atoms. The van der Waals surface area contributed by atoms with E-state index in [9.17, 15) is 24.6 Å². The zero-order valence-electron chi connectivity index (χ0n) is 14.9. The van der Waals surface area contributed by atoms with Gasteiger partial charge in [-0.2, -0.15) is 0 Å². The Morgan fingerprint density at radius 3 is 2.52 bits per heavy atom. The molecule has 0 saturated heterocycles. The van der Waals surface area contributed by atoms with Crippen molar-refractivity contribution in [2.75, 3.05) is 0 Å². The molecule has 0 unspecified atom stereocenters. The standard InChI is InChI=1S/C20H26O5/c1-10-11-4-5-12-19(3)13(8-15(22)20(12,9-11)16(10)23)18(2,17(24)25)7-6-14(19)21/h11-13,15,22H,1,4-9H2,2-3H3,(H,24,25)/t11-,12+,13-,15+,18-,19+,20-/m1/s1. The van der Waals surface area contributed by atoms with Crippen molar-refractivity contribution >= 4 is 17.5 Å². The van der Waals surface area contributed by atoms with Crippen molar-refractivity contribution in [2.24, 2.45) is 34.0 Å². The van der Waals surface area contributed by atoms with Crippen LogP contribution in [0.4, 0.5) is 0 Å². The number of rotatable bonds is 1. The summed E-state index contributed by atoms with van der Waals surface area (Å²) in [6.45, 7) is 7.53. The number of carbonyl (C=O) groups excluding carboxylic acids is 2. The number of carbonyl (C=O) groups is 3. The molecule has 2 bridgehead atoms. The van der Waals surface area contributed by atoms with E-state index in [0.717, 1.165) is 6.42 Å². The molecule has 0 heterocycles. The summed E-state index contributed by atoms with van der Waals surface area (Å²) in [7, 11) is 0. The molecule has 136 valence electrons. The molecule has 2 N–H and O–H groups in total. The Hall–Kier alpha value is -1.49. The van der Waals surface area contributed by atoms with E-state index in [1.54, 1.807) is 6.92 Å². The molecule has 4 fully saturated rings. The highest BCUT2D eigenvalue weighted by Gasteiger charge is 2.73. The fourth-order valence-electron chi connectivity index (χ4n) is 6.97. The number of carboxylic acid groups (broad SMARTS) is 1. The minimum Gasteiger partial charge on any atom is -0.481 e. The van der Waals surface area contributed by atoms with Crippen LogP contribution in [0.1, 0.15) is 52.4 Å². The number of hydrogen-bond acceptors (Lipinski definition) is 4. The molecular formula is C20H26O5. The monoisotopic (exact) mass is 346 g/mol. The predicted octanol–water partition coefficient (Wildman–Crippen LogP) is 2.37. The Kier molecular flexibility index (Phi) is 3.26. The molecule has 0 aromatic carbocycles. The van der Waals surface area contributed by atoms with Gasteiger partial charge in [-0.3, -0.25) is 14.4 Å². The minimum atomic E-state index is -1.04. The second-order valence-corrected chi connectivity index (χ2v) is 9.16. The molecule has 0 amide bonds. The average Bonchev–Trinajstić information content (AvgIpc) is 2.76. The lowest BCUT2D eigenvalue weighted by Gasteiger charge is -2.62. The van der Waals surface area contributed by atoms with E-state index in [0.29, 0.717) is 24.8 Å². The fraction of sp³-hybridized carbons (Fsp3) is 0.750. The number of aliphatic hydroxyl groups is 1. The third-order valence-corrected chi connectivity index (χ3v) is 8.45. The first-order chi connectivity index (χ1) is 11.6. The molecule has 25 heavy (non-hydrogen) atoms. The van der Waals surface area contributed by atoms with Crippen LogP contribution in [0.15, 0.2) is 12.2 Å². The van der Waals surface area contributed by atoms with Gasteiger partial charge in [-0.25, -0.2) is 0 Å². The van der Waals surface area contributed by atoms with Gasteiger partial charge in [-0.15, -0.1) is 0 Å². The maximum Gasteiger partial charge on any atom is 0.309 e. The van der Waals surface area contributed by atoms with E-state index in [1.807, 2.05) is 6.92 Å². The molecule has 0 radical (unpaired) electrons. The van der Waals surface area contributed by atoms with Crippen molar-refractivity contribution in [2.45, 2.75) is 58.5 Å².